The van der Waals surface area contributed by atoms with Crippen molar-refractivity contribution >= 4 is 60.5 Å². The number of nitrogens with one attached hydrogen (secondary N) is 1. The van der Waals surface area contributed by atoms with Crippen LogP contribution in [0.5, 0.6) is 0 Å². The Morgan fingerprint density at radius 2 is 1.26 bits per heavy atom. The van der Waals surface area contributed by atoms with Crippen LogP contribution in [0.15, 0.2) is 73.3 Å². The van der Waals surface area contributed by atoms with Crippen molar-refractivity contribution < 1.29 is 26.3 Å². The lowest BCUT2D eigenvalue weighted by atomic mass is 9.83. The summed E-state index contributed by atoms with van der Waals surface area (Å²) in [5.74, 6) is 2.18. The first-order chi connectivity index (χ1) is 31.1. The number of rotatable bonds is 7. The molecule has 6 aromatic rings. The molecule has 2 saturated carbocycles. The van der Waals surface area contributed by atoms with Crippen molar-refractivity contribution in [3.8, 4) is 12.1 Å². The van der Waals surface area contributed by atoms with Crippen LogP contribution in [0.25, 0.3) is 20.4 Å². The Labute approximate surface area is 386 Å². The van der Waals surface area contributed by atoms with E-state index in [2.05, 4.69) is 60.5 Å². The topological polar surface area (TPSA) is 114 Å². The fourth-order valence-electron chi connectivity index (χ4n) is 10.5. The maximum absolute atomic E-state index is 12.9. The Bertz CT molecular complexity index is 2700. The van der Waals surface area contributed by atoms with Gasteiger partial charge in [0.2, 0.25) is 0 Å². The number of anilines is 1. The molecule has 8 nitrogen and oxygen atoms in total. The number of nitriles is 2. The Kier molecular flexibility index (Phi) is 14.0. The van der Waals surface area contributed by atoms with E-state index in [9.17, 15) is 26.3 Å². The number of hydrogen-bond donors (Lipinski definition) is 1. The first kappa shape index (κ1) is 46.7. The van der Waals surface area contributed by atoms with Gasteiger partial charge in [-0.05, 0) is 141 Å². The van der Waals surface area contributed by atoms with Crippen LogP contribution in [-0.2, 0) is 25.7 Å². The van der Waals surface area contributed by atoms with E-state index < -0.39 is 25.2 Å². The van der Waals surface area contributed by atoms with Crippen LogP contribution in [0.2, 0.25) is 5.15 Å². The largest absolute Gasteiger partial charge is 0.393 e. The molecule has 2 spiro atoms. The third-order valence-corrected chi connectivity index (χ3v) is 15.7. The van der Waals surface area contributed by atoms with Gasteiger partial charge in [-0.2, -0.15) is 36.9 Å². The van der Waals surface area contributed by atoms with Crippen LogP contribution < -0.4 is 10.2 Å². The molecule has 0 radical (unpaired) electrons. The Balaban J connectivity index is 0.000000147. The summed E-state index contributed by atoms with van der Waals surface area (Å²) in [5, 5.41) is 23.0. The molecule has 2 aliphatic carbocycles. The summed E-state index contributed by atoms with van der Waals surface area (Å²) in [5.41, 5.74) is 4.89. The van der Waals surface area contributed by atoms with Gasteiger partial charge >= 0.3 is 12.4 Å². The average molecular weight is 950 g/mol. The third-order valence-electron chi connectivity index (χ3n) is 13.3. The molecular weight excluding hydrogens is 902 g/mol. The summed E-state index contributed by atoms with van der Waals surface area (Å²) in [7, 11) is 0. The van der Waals surface area contributed by atoms with E-state index in [0.29, 0.717) is 31.9 Å². The molecule has 17 heteroatoms. The highest BCUT2D eigenvalue weighted by molar-refractivity contribution is 7.19. The van der Waals surface area contributed by atoms with E-state index in [4.69, 9.17) is 22.1 Å². The maximum atomic E-state index is 12.9. The van der Waals surface area contributed by atoms with Crippen molar-refractivity contribution in [2.75, 3.05) is 31.1 Å². The van der Waals surface area contributed by atoms with Gasteiger partial charge in [0, 0.05) is 34.8 Å². The molecule has 4 unspecified atom stereocenters. The second-order valence-corrected chi connectivity index (χ2v) is 20.7. The van der Waals surface area contributed by atoms with Crippen LogP contribution in [0.1, 0.15) is 83.4 Å². The molecule has 65 heavy (non-hydrogen) atoms. The fraction of sp³-hybridized carbons (Fsp3) is 0.458. The number of thiophene rings is 2. The molecule has 340 valence electrons. The highest BCUT2D eigenvalue weighted by Crippen LogP contribution is 2.51. The zero-order chi connectivity index (χ0) is 45.8. The molecular formula is C48H47ClF6N8S2. The van der Waals surface area contributed by atoms with Gasteiger partial charge in [-0.1, -0.05) is 35.9 Å². The van der Waals surface area contributed by atoms with Crippen LogP contribution in [0.3, 0.4) is 0 Å². The SMILES string of the molecule is FC(F)(F)Cc1cc2c(Cl)ncnc2s1.N#Cc1cccc(CC2CCC3(CCN(c4ncnc5sc(CC(F)(F)F)cc45)C3)C2)c1.N#Cc1cccc(CC2CCC3(CCNC3)C2)c1. The first-order valence-electron chi connectivity index (χ1n) is 21.8. The van der Waals surface area contributed by atoms with Gasteiger partial charge in [0.25, 0.3) is 0 Å². The van der Waals surface area contributed by atoms with E-state index >= 15 is 0 Å². The monoisotopic (exact) mass is 948 g/mol. The summed E-state index contributed by atoms with van der Waals surface area (Å²) in [4.78, 5) is 20.1. The predicted molar refractivity (Wildman–Crippen MR) is 243 cm³/mol. The Morgan fingerprint density at radius 3 is 1.82 bits per heavy atom. The Hall–Kier alpha value is -4.87. The zero-order valence-electron chi connectivity index (χ0n) is 35.5. The second kappa shape index (κ2) is 19.5. The lowest BCUT2D eigenvalue weighted by Gasteiger charge is -2.25. The molecule has 4 atom stereocenters. The maximum Gasteiger partial charge on any atom is 0.393 e. The average Bonchev–Trinajstić information content (AvgIpc) is 4.14. The van der Waals surface area contributed by atoms with Gasteiger partial charge in [-0.3, -0.25) is 0 Å². The van der Waals surface area contributed by atoms with E-state index in [1.807, 2.05) is 30.3 Å². The number of fused-ring (bicyclic) bond motifs is 2. The molecule has 4 aromatic heterocycles. The smallest absolute Gasteiger partial charge is 0.355 e. The molecule has 4 aliphatic rings. The van der Waals surface area contributed by atoms with Gasteiger partial charge in [0.05, 0.1) is 41.5 Å². The van der Waals surface area contributed by atoms with Crippen LogP contribution >= 0.6 is 34.3 Å². The van der Waals surface area contributed by atoms with Gasteiger partial charge in [0.1, 0.15) is 33.3 Å². The van der Waals surface area contributed by atoms with Crippen molar-refractivity contribution in [2.24, 2.45) is 22.7 Å². The number of alkyl halides is 6. The van der Waals surface area contributed by atoms with E-state index in [1.165, 1.54) is 68.6 Å². The van der Waals surface area contributed by atoms with Crippen LogP contribution in [0, 0.1) is 45.3 Å². The molecule has 2 aliphatic heterocycles. The summed E-state index contributed by atoms with van der Waals surface area (Å²) in [6.45, 7) is 4.18. The number of hydrogen-bond acceptors (Lipinski definition) is 10. The van der Waals surface area contributed by atoms with Gasteiger partial charge in [-0.25, -0.2) is 19.9 Å². The lowest BCUT2D eigenvalue weighted by Crippen LogP contribution is -2.26. The quantitative estimate of drug-likeness (QED) is 0.124. The predicted octanol–water partition coefficient (Wildman–Crippen LogP) is 12.2. The third kappa shape index (κ3) is 11.9. The standard InChI is InChI=1S/C24H23F3N4S.C16H20N2.C8H4ClF3N2S/c25-24(26,27)12-19-10-20-21(29-15-30-22(20)32-19)31-7-6-23(14-31)5-4-17(11-23)8-16-2-1-3-18(9-16)13-28;17-11-15-3-1-2-13(9-15)8-14-4-5-16(10-14)6-7-18-12-16;9-6-5-1-4(2-8(10,11)12)15-7(5)14-3-13-6/h1-3,9-10,15,17H,4-8,11-12,14H2;1-3,9,14,18H,4-8,10,12H2;1,3H,2H2. The van der Waals surface area contributed by atoms with Crippen molar-refractivity contribution in [1.82, 2.24) is 25.3 Å². The van der Waals surface area contributed by atoms with E-state index in [0.717, 1.165) is 97.0 Å². The van der Waals surface area contributed by atoms with E-state index in [-0.39, 0.29) is 20.3 Å². The number of benzene rings is 2. The van der Waals surface area contributed by atoms with Gasteiger partial charge in [-0.15, -0.1) is 22.7 Å². The summed E-state index contributed by atoms with van der Waals surface area (Å²) >= 11 is 7.80. The first-order valence-corrected chi connectivity index (χ1v) is 23.8. The molecule has 0 amide bonds. The zero-order valence-corrected chi connectivity index (χ0v) is 37.9. The second-order valence-electron chi connectivity index (χ2n) is 18.2. The molecule has 2 aromatic carbocycles. The van der Waals surface area contributed by atoms with Crippen LogP contribution in [-0.4, -0.2) is 58.5 Å². The van der Waals surface area contributed by atoms with Crippen molar-refractivity contribution in [2.45, 2.75) is 89.4 Å². The molecule has 6 heterocycles. The summed E-state index contributed by atoms with van der Waals surface area (Å²) in [6.07, 6.45) is 4.55. The van der Waals surface area contributed by atoms with Crippen molar-refractivity contribution in [1.29, 1.82) is 10.5 Å². The lowest BCUT2D eigenvalue weighted by molar-refractivity contribution is -0.127. The molecule has 10 rings (SSSR count). The molecule has 0 bridgehead atoms. The number of nitrogens with zero attached hydrogens (tertiary/aromatic N) is 7. The summed E-state index contributed by atoms with van der Waals surface area (Å²) < 4.78 is 74.9. The Morgan fingerprint density at radius 1 is 0.708 bits per heavy atom. The number of aromatic nitrogens is 4. The fourth-order valence-corrected chi connectivity index (χ4v) is 12.8. The van der Waals surface area contributed by atoms with Crippen molar-refractivity contribution in [3.63, 3.8) is 0 Å². The molecule has 4 fully saturated rings. The summed E-state index contributed by atoms with van der Waals surface area (Å²) in [6, 6.07) is 23.4. The highest BCUT2D eigenvalue weighted by Gasteiger charge is 2.45. The number of halogens is 7. The minimum absolute atomic E-state index is 0.185. The minimum Gasteiger partial charge on any atom is -0.355 e. The molecule has 1 N–H and O–H groups in total. The normalized spacial score (nSPS) is 22.8. The molecule has 2 saturated heterocycles. The van der Waals surface area contributed by atoms with Gasteiger partial charge in [0.15, 0.2) is 0 Å². The van der Waals surface area contributed by atoms with E-state index in [1.54, 1.807) is 6.07 Å². The van der Waals surface area contributed by atoms with Gasteiger partial charge < -0.3 is 10.2 Å². The van der Waals surface area contributed by atoms with Crippen LogP contribution in [0.4, 0.5) is 32.2 Å². The van der Waals surface area contributed by atoms with Crippen molar-refractivity contribution in [3.05, 3.63) is 110 Å². The highest BCUT2D eigenvalue weighted by atomic mass is 35.5. The minimum atomic E-state index is -4.22.